The minimum absolute atomic E-state index is 0.0686. The van der Waals surface area contributed by atoms with Crippen molar-refractivity contribution in [3.05, 3.63) is 29.8 Å². The zero-order valence-corrected chi connectivity index (χ0v) is 13.5. The number of amides is 1. The van der Waals surface area contributed by atoms with Crippen LogP contribution in [0.5, 0.6) is 0 Å². The molecular formula is C17H24N2OS. The summed E-state index contributed by atoms with van der Waals surface area (Å²) in [6, 6.07) is 8.56. The molecule has 1 N–H and O–H groups in total. The Kier molecular flexibility index (Phi) is 4.86. The Morgan fingerprint density at radius 3 is 2.90 bits per heavy atom. The van der Waals surface area contributed by atoms with Gasteiger partial charge < -0.3 is 10.2 Å². The van der Waals surface area contributed by atoms with Crippen molar-refractivity contribution in [2.24, 2.45) is 0 Å². The smallest absolute Gasteiger partial charge is 0.239 e. The maximum atomic E-state index is 12.4. The fourth-order valence-corrected chi connectivity index (χ4v) is 4.45. The van der Waals surface area contributed by atoms with Gasteiger partial charge >= 0.3 is 0 Å². The Morgan fingerprint density at radius 1 is 1.33 bits per heavy atom. The minimum Gasteiger partial charge on any atom is -0.341 e. The number of hydrogen-bond donors (Lipinski definition) is 1. The van der Waals surface area contributed by atoms with Gasteiger partial charge in [-0.15, -0.1) is 11.8 Å². The van der Waals surface area contributed by atoms with E-state index < -0.39 is 0 Å². The molecule has 3 nitrogen and oxygen atoms in total. The van der Waals surface area contributed by atoms with Crippen molar-refractivity contribution in [1.82, 2.24) is 10.2 Å². The quantitative estimate of drug-likeness (QED) is 0.928. The van der Waals surface area contributed by atoms with Gasteiger partial charge in [0.15, 0.2) is 0 Å². The molecule has 114 valence electrons. The molecule has 1 saturated heterocycles. The van der Waals surface area contributed by atoms with Gasteiger partial charge in [0.25, 0.3) is 0 Å². The Morgan fingerprint density at radius 2 is 2.10 bits per heavy atom. The maximum Gasteiger partial charge on any atom is 0.239 e. The van der Waals surface area contributed by atoms with E-state index in [-0.39, 0.29) is 11.9 Å². The van der Waals surface area contributed by atoms with Crippen LogP contribution in [0.3, 0.4) is 0 Å². The molecule has 1 aromatic carbocycles. The van der Waals surface area contributed by atoms with E-state index in [0.29, 0.717) is 5.92 Å². The van der Waals surface area contributed by atoms with Gasteiger partial charge in [-0.1, -0.05) is 18.2 Å². The second kappa shape index (κ2) is 6.84. The number of benzene rings is 1. The Hall–Kier alpha value is -1.00. The summed E-state index contributed by atoms with van der Waals surface area (Å²) in [7, 11) is 0. The first-order valence-electron chi connectivity index (χ1n) is 7.99. The molecule has 1 amide bonds. The molecule has 2 aliphatic heterocycles. The van der Waals surface area contributed by atoms with E-state index in [1.165, 1.54) is 16.9 Å². The normalized spacial score (nSPS) is 22.9. The summed E-state index contributed by atoms with van der Waals surface area (Å²) < 4.78 is 0. The highest BCUT2D eigenvalue weighted by molar-refractivity contribution is 7.99. The fourth-order valence-electron chi connectivity index (χ4n) is 3.19. The van der Waals surface area contributed by atoms with Crippen LogP contribution in [0.15, 0.2) is 29.2 Å². The lowest BCUT2D eigenvalue weighted by Crippen LogP contribution is -2.47. The number of thioether (sulfide) groups is 1. The fraction of sp³-hybridized carbons (Fsp3) is 0.588. The molecule has 3 rings (SSSR count). The van der Waals surface area contributed by atoms with Crippen molar-refractivity contribution in [1.29, 1.82) is 0 Å². The van der Waals surface area contributed by atoms with E-state index in [1.54, 1.807) is 0 Å². The first kappa shape index (κ1) is 14.9. The van der Waals surface area contributed by atoms with E-state index in [1.807, 2.05) is 23.6 Å². The first-order valence-corrected chi connectivity index (χ1v) is 8.98. The molecule has 21 heavy (non-hydrogen) atoms. The summed E-state index contributed by atoms with van der Waals surface area (Å²) >= 11 is 1.93. The van der Waals surface area contributed by atoms with Crippen molar-refractivity contribution in [3.8, 4) is 0 Å². The third-order valence-corrected chi connectivity index (χ3v) is 5.76. The Bertz CT molecular complexity index is 499. The molecular weight excluding hydrogens is 280 g/mol. The van der Waals surface area contributed by atoms with Crippen LogP contribution >= 0.6 is 11.8 Å². The predicted octanol–water partition coefficient (Wildman–Crippen LogP) is 2.87. The number of nitrogens with zero attached hydrogens (tertiary/aromatic N) is 1. The monoisotopic (exact) mass is 304 g/mol. The molecule has 0 saturated carbocycles. The van der Waals surface area contributed by atoms with E-state index in [4.69, 9.17) is 0 Å². The van der Waals surface area contributed by atoms with Gasteiger partial charge in [0.1, 0.15) is 0 Å². The van der Waals surface area contributed by atoms with Crippen LogP contribution in [0, 0.1) is 0 Å². The first-order chi connectivity index (χ1) is 10.3. The summed E-state index contributed by atoms with van der Waals surface area (Å²) in [5, 5.41) is 3.46. The maximum absolute atomic E-state index is 12.4. The van der Waals surface area contributed by atoms with Crippen molar-refractivity contribution in [2.75, 3.05) is 25.4 Å². The second-order valence-electron chi connectivity index (χ2n) is 6.06. The van der Waals surface area contributed by atoms with Crippen molar-refractivity contribution < 1.29 is 4.79 Å². The van der Waals surface area contributed by atoms with Gasteiger partial charge in [-0.2, -0.15) is 0 Å². The molecule has 2 unspecified atom stereocenters. The second-order valence-corrected chi connectivity index (χ2v) is 7.12. The molecule has 0 aromatic heterocycles. The molecule has 1 fully saturated rings. The van der Waals surface area contributed by atoms with Crippen molar-refractivity contribution >= 4 is 17.7 Å². The summed E-state index contributed by atoms with van der Waals surface area (Å²) in [5.74, 6) is 1.92. The van der Waals surface area contributed by atoms with E-state index >= 15 is 0 Å². The van der Waals surface area contributed by atoms with Crippen LogP contribution in [0.2, 0.25) is 0 Å². The number of carbonyl (C=O) groups excluding carboxylic acids is 1. The summed E-state index contributed by atoms with van der Waals surface area (Å²) in [5.41, 5.74) is 1.44. The highest BCUT2D eigenvalue weighted by Gasteiger charge is 2.26. The highest BCUT2D eigenvalue weighted by atomic mass is 32.2. The molecule has 2 aliphatic rings. The molecule has 0 spiro atoms. The van der Waals surface area contributed by atoms with E-state index in [2.05, 4.69) is 29.6 Å². The van der Waals surface area contributed by atoms with E-state index in [9.17, 15) is 4.79 Å². The van der Waals surface area contributed by atoms with Crippen molar-refractivity contribution in [3.63, 3.8) is 0 Å². The van der Waals surface area contributed by atoms with Crippen molar-refractivity contribution in [2.45, 2.75) is 43.0 Å². The SMILES string of the molecule is CC(NCC1CSc2ccccc21)C(=O)N1CCCCC1. The minimum atomic E-state index is -0.0686. The lowest BCUT2D eigenvalue weighted by atomic mass is 10.0. The molecule has 2 atom stereocenters. The van der Waals surface area contributed by atoms with Crippen LogP contribution in [0.25, 0.3) is 0 Å². The van der Waals surface area contributed by atoms with Gasteiger partial charge in [0.05, 0.1) is 6.04 Å². The molecule has 0 bridgehead atoms. The molecule has 1 aromatic rings. The number of carbonyl (C=O) groups is 1. The van der Waals surface area contributed by atoms with Gasteiger partial charge in [-0.3, -0.25) is 4.79 Å². The third-order valence-electron chi connectivity index (χ3n) is 4.51. The Labute approximate surface area is 131 Å². The third kappa shape index (κ3) is 3.43. The molecule has 2 heterocycles. The van der Waals surface area contributed by atoms with Crippen LogP contribution in [0.4, 0.5) is 0 Å². The molecule has 4 heteroatoms. The zero-order chi connectivity index (χ0) is 14.7. The lowest BCUT2D eigenvalue weighted by Gasteiger charge is -2.30. The van der Waals surface area contributed by atoms with Crippen LogP contribution < -0.4 is 5.32 Å². The van der Waals surface area contributed by atoms with Gasteiger partial charge in [-0.25, -0.2) is 0 Å². The predicted molar refractivity (Wildman–Crippen MR) is 87.8 cm³/mol. The number of fused-ring (bicyclic) bond motifs is 1. The molecule has 0 radical (unpaired) electrons. The summed E-state index contributed by atoms with van der Waals surface area (Å²) in [6.45, 7) is 4.77. The van der Waals surface area contributed by atoms with Gasteiger partial charge in [0, 0.05) is 36.2 Å². The average molecular weight is 304 g/mol. The number of rotatable bonds is 4. The van der Waals surface area contributed by atoms with Crippen LogP contribution in [-0.4, -0.2) is 42.2 Å². The standard InChI is InChI=1S/C17H24N2OS/c1-13(17(20)19-9-5-2-6-10-19)18-11-14-12-21-16-8-4-3-7-15(14)16/h3-4,7-8,13-14,18H,2,5-6,9-12H2,1H3. The summed E-state index contributed by atoms with van der Waals surface area (Å²) in [4.78, 5) is 15.8. The highest BCUT2D eigenvalue weighted by Crippen LogP contribution is 2.38. The summed E-state index contributed by atoms with van der Waals surface area (Å²) in [6.07, 6.45) is 3.58. The van der Waals surface area contributed by atoms with Gasteiger partial charge in [-0.05, 0) is 37.8 Å². The largest absolute Gasteiger partial charge is 0.341 e. The van der Waals surface area contributed by atoms with Gasteiger partial charge in [0.2, 0.25) is 5.91 Å². The van der Waals surface area contributed by atoms with Crippen LogP contribution in [0.1, 0.15) is 37.7 Å². The average Bonchev–Trinajstić information content (AvgIpc) is 2.96. The lowest BCUT2D eigenvalue weighted by molar-refractivity contribution is -0.133. The number of hydrogen-bond acceptors (Lipinski definition) is 3. The van der Waals surface area contributed by atoms with Crippen LogP contribution in [-0.2, 0) is 4.79 Å². The topological polar surface area (TPSA) is 32.3 Å². The number of nitrogens with one attached hydrogen (secondary N) is 1. The van der Waals surface area contributed by atoms with E-state index in [0.717, 1.165) is 38.2 Å². The Balaban J connectivity index is 1.52. The zero-order valence-electron chi connectivity index (χ0n) is 12.7. The number of piperidine rings is 1. The molecule has 0 aliphatic carbocycles. The number of likely N-dealkylation sites (tertiary alicyclic amines) is 1.